The molecule has 0 amide bonds. The van der Waals surface area contributed by atoms with Crippen molar-refractivity contribution in [1.29, 1.82) is 0 Å². The Kier molecular flexibility index (Phi) is 4.93. The highest BCUT2D eigenvalue weighted by atomic mass is 16.1. The Labute approximate surface area is 119 Å². The van der Waals surface area contributed by atoms with Gasteiger partial charge >= 0.3 is 0 Å². The molecule has 2 rings (SSSR count). The van der Waals surface area contributed by atoms with Crippen molar-refractivity contribution < 1.29 is 4.79 Å². The average Bonchev–Trinajstić information content (AvgIpc) is 2.97. The first-order valence-corrected chi connectivity index (χ1v) is 7.50. The third-order valence-corrected chi connectivity index (χ3v) is 4.10. The quantitative estimate of drug-likeness (QED) is 0.796. The second-order valence-electron chi connectivity index (χ2n) is 5.33. The summed E-state index contributed by atoms with van der Waals surface area (Å²) < 4.78 is 1.29. The zero-order valence-corrected chi connectivity index (χ0v) is 12.3. The highest BCUT2D eigenvalue weighted by Gasteiger charge is 2.23. The molecule has 20 heavy (non-hydrogen) atoms. The summed E-state index contributed by atoms with van der Waals surface area (Å²) in [6, 6.07) is 1.57. The predicted octanol–water partition coefficient (Wildman–Crippen LogP) is 1.85. The van der Waals surface area contributed by atoms with Gasteiger partial charge in [0.05, 0.1) is 11.9 Å². The van der Waals surface area contributed by atoms with E-state index in [0.717, 1.165) is 44.5 Å². The minimum absolute atomic E-state index is 0.113. The predicted molar refractivity (Wildman–Crippen MR) is 79.0 cm³/mol. The number of hydrogen-bond acceptors (Lipinski definition) is 4. The van der Waals surface area contributed by atoms with Crippen LogP contribution >= 0.6 is 0 Å². The molecule has 110 valence electrons. The summed E-state index contributed by atoms with van der Waals surface area (Å²) in [5, 5.41) is 4.15. The third-order valence-electron chi connectivity index (χ3n) is 4.10. The number of rotatable bonds is 6. The third kappa shape index (κ3) is 3.26. The standard InChI is InChI=1S/C15H23N3O2/c1-3-17(4-2)13-9-15(20)18(16-10-13)11-14(19)12-7-5-6-8-12/h9-10,12H,3-8,11H2,1-2H3. The van der Waals surface area contributed by atoms with Crippen molar-refractivity contribution in [2.75, 3.05) is 18.0 Å². The summed E-state index contributed by atoms with van der Waals surface area (Å²) >= 11 is 0. The van der Waals surface area contributed by atoms with Gasteiger partial charge < -0.3 is 4.90 Å². The number of hydrogen-bond donors (Lipinski definition) is 0. The Bertz CT molecular complexity index is 514. The molecular formula is C15H23N3O2. The molecule has 0 radical (unpaired) electrons. The van der Waals surface area contributed by atoms with E-state index in [1.54, 1.807) is 12.3 Å². The largest absolute Gasteiger partial charge is 0.371 e. The number of Topliss-reactive ketones (excluding diaryl/α,β-unsaturated/α-hetero) is 1. The van der Waals surface area contributed by atoms with Crippen molar-refractivity contribution in [2.24, 2.45) is 5.92 Å². The van der Waals surface area contributed by atoms with Crippen LogP contribution in [-0.4, -0.2) is 28.7 Å². The van der Waals surface area contributed by atoms with E-state index in [0.29, 0.717) is 0 Å². The molecule has 0 aromatic carbocycles. The van der Waals surface area contributed by atoms with Crippen molar-refractivity contribution >= 4 is 11.5 Å². The van der Waals surface area contributed by atoms with Gasteiger partial charge in [-0.2, -0.15) is 5.10 Å². The van der Waals surface area contributed by atoms with Crippen molar-refractivity contribution in [2.45, 2.75) is 46.1 Å². The number of carbonyl (C=O) groups is 1. The molecule has 0 aliphatic heterocycles. The van der Waals surface area contributed by atoms with Crippen LogP contribution in [0.15, 0.2) is 17.1 Å². The normalized spacial score (nSPS) is 15.5. The Morgan fingerprint density at radius 2 is 2.00 bits per heavy atom. The van der Waals surface area contributed by atoms with Crippen LogP contribution in [-0.2, 0) is 11.3 Å². The molecule has 1 heterocycles. The molecule has 1 saturated carbocycles. The number of anilines is 1. The fourth-order valence-corrected chi connectivity index (χ4v) is 2.83. The maximum atomic E-state index is 12.1. The van der Waals surface area contributed by atoms with E-state index in [9.17, 15) is 9.59 Å². The lowest BCUT2D eigenvalue weighted by molar-refractivity contribution is -0.123. The maximum absolute atomic E-state index is 12.1. The summed E-state index contributed by atoms with van der Waals surface area (Å²) in [6.45, 7) is 5.87. The van der Waals surface area contributed by atoms with Crippen LogP contribution in [0.1, 0.15) is 39.5 Å². The number of aromatic nitrogens is 2. The smallest absolute Gasteiger partial charge is 0.269 e. The molecule has 1 aliphatic rings. The molecule has 0 saturated heterocycles. The number of ketones is 1. The van der Waals surface area contributed by atoms with Crippen LogP contribution in [0.25, 0.3) is 0 Å². The Balaban J connectivity index is 2.09. The molecule has 1 fully saturated rings. The number of carbonyl (C=O) groups excluding carboxylic acids is 1. The maximum Gasteiger partial charge on any atom is 0.269 e. The monoisotopic (exact) mass is 277 g/mol. The second kappa shape index (κ2) is 6.68. The van der Waals surface area contributed by atoms with Gasteiger partial charge in [-0.15, -0.1) is 0 Å². The van der Waals surface area contributed by atoms with Crippen molar-refractivity contribution in [3.05, 3.63) is 22.6 Å². The van der Waals surface area contributed by atoms with E-state index >= 15 is 0 Å². The van der Waals surface area contributed by atoms with Crippen LogP contribution in [0, 0.1) is 5.92 Å². The SMILES string of the molecule is CCN(CC)c1cnn(CC(=O)C2CCCC2)c(=O)c1. The molecule has 5 nitrogen and oxygen atoms in total. The molecule has 1 aromatic heterocycles. The molecule has 5 heteroatoms. The van der Waals surface area contributed by atoms with Crippen molar-refractivity contribution in [3.8, 4) is 0 Å². The van der Waals surface area contributed by atoms with Crippen LogP contribution in [0.5, 0.6) is 0 Å². The van der Waals surface area contributed by atoms with Gasteiger partial charge in [-0.1, -0.05) is 12.8 Å². The van der Waals surface area contributed by atoms with Crippen LogP contribution in [0.3, 0.4) is 0 Å². The van der Waals surface area contributed by atoms with Gasteiger partial charge in [-0.05, 0) is 26.7 Å². The molecular weight excluding hydrogens is 254 g/mol. The Morgan fingerprint density at radius 3 is 2.55 bits per heavy atom. The topological polar surface area (TPSA) is 55.2 Å². The number of nitrogens with zero attached hydrogens (tertiary/aromatic N) is 3. The highest BCUT2D eigenvalue weighted by Crippen LogP contribution is 2.25. The van der Waals surface area contributed by atoms with Gasteiger partial charge in [-0.25, -0.2) is 4.68 Å². The highest BCUT2D eigenvalue weighted by molar-refractivity contribution is 5.80. The van der Waals surface area contributed by atoms with Gasteiger partial charge in [-0.3, -0.25) is 9.59 Å². The first-order valence-electron chi connectivity index (χ1n) is 7.50. The second-order valence-corrected chi connectivity index (χ2v) is 5.33. The molecule has 0 atom stereocenters. The Hall–Kier alpha value is -1.65. The van der Waals surface area contributed by atoms with Crippen molar-refractivity contribution in [3.63, 3.8) is 0 Å². The first kappa shape index (κ1) is 14.8. The summed E-state index contributed by atoms with van der Waals surface area (Å²) in [7, 11) is 0. The van der Waals surface area contributed by atoms with E-state index in [1.165, 1.54) is 4.68 Å². The summed E-state index contributed by atoms with van der Waals surface area (Å²) in [4.78, 5) is 26.2. The fourth-order valence-electron chi connectivity index (χ4n) is 2.83. The van der Waals surface area contributed by atoms with Crippen molar-refractivity contribution in [1.82, 2.24) is 9.78 Å². The molecule has 0 bridgehead atoms. The van der Waals surface area contributed by atoms with Crippen LogP contribution < -0.4 is 10.5 Å². The van der Waals surface area contributed by atoms with Crippen LogP contribution in [0.2, 0.25) is 0 Å². The molecule has 0 spiro atoms. The molecule has 0 unspecified atom stereocenters. The van der Waals surface area contributed by atoms with Gasteiger partial charge in [0, 0.05) is 25.1 Å². The lowest BCUT2D eigenvalue weighted by Crippen LogP contribution is -2.31. The summed E-state index contributed by atoms with van der Waals surface area (Å²) in [5.74, 6) is 0.277. The minimum atomic E-state index is -0.194. The van der Waals surface area contributed by atoms with Gasteiger partial charge in [0.1, 0.15) is 6.54 Å². The van der Waals surface area contributed by atoms with Gasteiger partial charge in [0.15, 0.2) is 5.78 Å². The zero-order chi connectivity index (χ0) is 14.5. The summed E-state index contributed by atoms with van der Waals surface area (Å²) in [5.41, 5.74) is 0.630. The molecule has 0 N–H and O–H groups in total. The van der Waals surface area contributed by atoms with Gasteiger partial charge in [0.25, 0.3) is 5.56 Å². The first-order chi connectivity index (χ1) is 9.65. The van der Waals surface area contributed by atoms with E-state index in [1.807, 2.05) is 13.8 Å². The fraction of sp³-hybridized carbons (Fsp3) is 0.667. The lowest BCUT2D eigenvalue weighted by Gasteiger charge is -2.20. The van der Waals surface area contributed by atoms with E-state index in [4.69, 9.17) is 0 Å². The van der Waals surface area contributed by atoms with E-state index < -0.39 is 0 Å². The zero-order valence-electron chi connectivity index (χ0n) is 12.3. The minimum Gasteiger partial charge on any atom is -0.371 e. The summed E-state index contributed by atoms with van der Waals surface area (Å²) in [6.07, 6.45) is 5.85. The Morgan fingerprint density at radius 1 is 1.35 bits per heavy atom. The lowest BCUT2D eigenvalue weighted by atomic mass is 10.0. The molecule has 1 aliphatic carbocycles. The van der Waals surface area contributed by atoms with E-state index in [-0.39, 0.29) is 23.8 Å². The average molecular weight is 277 g/mol. The molecule has 1 aromatic rings. The van der Waals surface area contributed by atoms with Gasteiger partial charge in [0.2, 0.25) is 0 Å². The van der Waals surface area contributed by atoms with E-state index in [2.05, 4.69) is 10.00 Å². The van der Waals surface area contributed by atoms with Crippen LogP contribution in [0.4, 0.5) is 5.69 Å².